The summed E-state index contributed by atoms with van der Waals surface area (Å²) in [4.78, 5) is 51.2. The Balaban J connectivity index is 2.00. The first kappa shape index (κ1) is 19.4. The van der Waals surface area contributed by atoms with Gasteiger partial charge in [-0.05, 0) is 19.1 Å². The molecule has 140 valence electrons. The van der Waals surface area contributed by atoms with E-state index in [2.05, 4.69) is 4.74 Å². The summed E-state index contributed by atoms with van der Waals surface area (Å²) < 4.78 is 9.89. The van der Waals surface area contributed by atoms with Crippen LogP contribution in [0.4, 0.5) is 0 Å². The van der Waals surface area contributed by atoms with Crippen LogP contribution in [0.3, 0.4) is 0 Å². The third-order valence-electron chi connectivity index (χ3n) is 4.22. The average molecular weight is 362 g/mol. The molecule has 1 unspecified atom stereocenters. The highest BCUT2D eigenvalue weighted by Gasteiger charge is 2.29. The maximum Gasteiger partial charge on any atom is 0.339 e. The summed E-state index contributed by atoms with van der Waals surface area (Å²) in [6, 6.07) is 6.09. The summed E-state index contributed by atoms with van der Waals surface area (Å²) in [6.07, 6.45) is -1.00. The molecule has 1 aromatic carbocycles. The van der Waals surface area contributed by atoms with E-state index in [1.807, 2.05) is 0 Å². The standard InChI is InChI=1S/C18H22N2O6/c1-12(16(22)20-10-8-19(9-11-20)13(2)21)26-18(24)15-7-5-4-6-14(15)17(23)25-3/h4-7,12H,8-11H2,1-3H3. The van der Waals surface area contributed by atoms with E-state index in [1.165, 1.54) is 33.1 Å². The van der Waals surface area contributed by atoms with Gasteiger partial charge in [-0.15, -0.1) is 0 Å². The second kappa shape index (κ2) is 8.46. The molecule has 2 amide bonds. The van der Waals surface area contributed by atoms with Crippen molar-refractivity contribution in [3.63, 3.8) is 0 Å². The molecule has 0 bridgehead atoms. The third kappa shape index (κ3) is 4.38. The van der Waals surface area contributed by atoms with Gasteiger partial charge in [0, 0.05) is 33.1 Å². The van der Waals surface area contributed by atoms with Gasteiger partial charge in [0.05, 0.1) is 18.2 Å². The van der Waals surface area contributed by atoms with Crippen molar-refractivity contribution < 1.29 is 28.7 Å². The molecule has 1 heterocycles. The Hall–Kier alpha value is -2.90. The van der Waals surface area contributed by atoms with Crippen molar-refractivity contribution in [1.29, 1.82) is 0 Å². The molecular weight excluding hydrogens is 340 g/mol. The number of piperazine rings is 1. The number of esters is 2. The Morgan fingerprint density at radius 1 is 0.923 bits per heavy atom. The molecule has 0 spiro atoms. The molecular formula is C18H22N2O6. The zero-order chi connectivity index (χ0) is 19.3. The Morgan fingerprint density at radius 3 is 1.92 bits per heavy atom. The lowest BCUT2D eigenvalue weighted by Crippen LogP contribution is -2.52. The highest BCUT2D eigenvalue weighted by Crippen LogP contribution is 2.14. The van der Waals surface area contributed by atoms with Gasteiger partial charge in [0.2, 0.25) is 5.91 Å². The summed E-state index contributed by atoms with van der Waals surface area (Å²) in [5, 5.41) is 0. The first-order valence-corrected chi connectivity index (χ1v) is 8.27. The topological polar surface area (TPSA) is 93.2 Å². The van der Waals surface area contributed by atoms with E-state index in [1.54, 1.807) is 21.9 Å². The number of methoxy groups -OCH3 is 1. The van der Waals surface area contributed by atoms with Gasteiger partial charge in [0.1, 0.15) is 0 Å². The predicted molar refractivity (Wildman–Crippen MR) is 91.5 cm³/mol. The van der Waals surface area contributed by atoms with Crippen LogP contribution in [-0.2, 0) is 19.1 Å². The van der Waals surface area contributed by atoms with Crippen LogP contribution >= 0.6 is 0 Å². The number of hydrogen-bond acceptors (Lipinski definition) is 6. The third-order valence-corrected chi connectivity index (χ3v) is 4.22. The second-order valence-electron chi connectivity index (χ2n) is 5.92. The van der Waals surface area contributed by atoms with Gasteiger partial charge in [-0.2, -0.15) is 0 Å². The number of carbonyl (C=O) groups is 4. The fraction of sp³-hybridized carbons (Fsp3) is 0.444. The number of rotatable bonds is 4. The van der Waals surface area contributed by atoms with Crippen molar-refractivity contribution in [2.45, 2.75) is 20.0 Å². The molecule has 2 rings (SSSR count). The molecule has 1 aliphatic rings. The molecule has 0 N–H and O–H groups in total. The van der Waals surface area contributed by atoms with Crippen LogP contribution in [0.2, 0.25) is 0 Å². The van der Waals surface area contributed by atoms with Crippen LogP contribution in [-0.4, -0.2) is 72.9 Å². The highest BCUT2D eigenvalue weighted by molar-refractivity contribution is 6.03. The van der Waals surface area contributed by atoms with E-state index in [9.17, 15) is 19.2 Å². The van der Waals surface area contributed by atoms with Crippen LogP contribution in [0.25, 0.3) is 0 Å². The number of carbonyl (C=O) groups excluding carboxylic acids is 4. The number of benzene rings is 1. The van der Waals surface area contributed by atoms with E-state index >= 15 is 0 Å². The fourth-order valence-electron chi connectivity index (χ4n) is 2.72. The summed E-state index contributed by atoms with van der Waals surface area (Å²) in [7, 11) is 1.22. The second-order valence-corrected chi connectivity index (χ2v) is 5.92. The molecule has 0 aromatic heterocycles. The zero-order valence-electron chi connectivity index (χ0n) is 15.1. The predicted octanol–water partition coefficient (Wildman–Crippen LogP) is 0.709. The van der Waals surface area contributed by atoms with Crippen molar-refractivity contribution in [1.82, 2.24) is 9.80 Å². The number of amides is 2. The van der Waals surface area contributed by atoms with Gasteiger partial charge < -0.3 is 19.3 Å². The largest absolute Gasteiger partial charge is 0.465 e. The normalized spacial score (nSPS) is 15.2. The summed E-state index contributed by atoms with van der Waals surface area (Å²) in [5.41, 5.74) is 0.120. The van der Waals surface area contributed by atoms with Gasteiger partial charge in [-0.1, -0.05) is 12.1 Å². The molecule has 8 nitrogen and oxygen atoms in total. The Bertz CT molecular complexity index is 709. The van der Waals surface area contributed by atoms with Crippen LogP contribution in [0.15, 0.2) is 24.3 Å². The number of hydrogen-bond donors (Lipinski definition) is 0. The van der Waals surface area contributed by atoms with Crippen molar-refractivity contribution in [3.05, 3.63) is 35.4 Å². The van der Waals surface area contributed by atoms with E-state index in [0.717, 1.165) is 0 Å². The molecule has 1 aromatic rings. The SMILES string of the molecule is COC(=O)c1ccccc1C(=O)OC(C)C(=O)N1CCN(C(C)=O)CC1. The minimum atomic E-state index is -1.00. The lowest BCUT2D eigenvalue weighted by molar-refractivity contribution is -0.144. The van der Waals surface area contributed by atoms with Gasteiger partial charge in [0.15, 0.2) is 6.10 Å². The summed E-state index contributed by atoms with van der Waals surface area (Å²) in [5.74, 6) is -1.79. The van der Waals surface area contributed by atoms with E-state index in [4.69, 9.17) is 4.74 Å². The molecule has 1 atom stereocenters. The zero-order valence-corrected chi connectivity index (χ0v) is 15.1. The van der Waals surface area contributed by atoms with Crippen molar-refractivity contribution in [2.24, 2.45) is 0 Å². The van der Waals surface area contributed by atoms with Crippen LogP contribution in [0.1, 0.15) is 34.6 Å². The molecule has 0 saturated carbocycles. The highest BCUT2D eigenvalue weighted by atomic mass is 16.5. The first-order valence-electron chi connectivity index (χ1n) is 8.27. The lowest BCUT2D eigenvalue weighted by atomic mass is 10.1. The summed E-state index contributed by atoms with van der Waals surface area (Å²) in [6.45, 7) is 4.65. The molecule has 8 heteroatoms. The Morgan fingerprint density at radius 2 is 1.42 bits per heavy atom. The molecule has 1 aliphatic heterocycles. The Labute approximate surface area is 151 Å². The van der Waals surface area contributed by atoms with E-state index in [-0.39, 0.29) is 22.9 Å². The smallest absolute Gasteiger partial charge is 0.339 e. The van der Waals surface area contributed by atoms with Crippen LogP contribution in [0, 0.1) is 0 Å². The molecule has 0 radical (unpaired) electrons. The van der Waals surface area contributed by atoms with Gasteiger partial charge in [-0.3, -0.25) is 9.59 Å². The maximum absolute atomic E-state index is 12.5. The van der Waals surface area contributed by atoms with Crippen molar-refractivity contribution in [2.75, 3.05) is 33.3 Å². The maximum atomic E-state index is 12.5. The molecule has 1 fully saturated rings. The van der Waals surface area contributed by atoms with E-state index < -0.39 is 18.0 Å². The van der Waals surface area contributed by atoms with Gasteiger partial charge in [0.25, 0.3) is 5.91 Å². The molecule has 1 saturated heterocycles. The Kier molecular flexibility index (Phi) is 6.32. The van der Waals surface area contributed by atoms with Crippen molar-refractivity contribution >= 4 is 23.8 Å². The monoisotopic (exact) mass is 362 g/mol. The fourth-order valence-corrected chi connectivity index (χ4v) is 2.72. The molecule has 0 aliphatic carbocycles. The van der Waals surface area contributed by atoms with Gasteiger partial charge in [-0.25, -0.2) is 9.59 Å². The van der Waals surface area contributed by atoms with Gasteiger partial charge >= 0.3 is 11.9 Å². The minimum absolute atomic E-state index is 0.0315. The minimum Gasteiger partial charge on any atom is -0.465 e. The lowest BCUT2D eigenvalue weighted by Gasteiger charge is -2.35. The van der Waals surface area contributed by atoms with Crippen LogP contribution in [0.5, 0.6) is 0 Å². The average Bonchev–Trinajstić information content (AvgIpc) is 2.66. The number of nitrogens with zero attached hydrogens (tertiary/aromatic N) is 2. The van der Waals surface area contributed by atoms with Crippen molar-refractivity contribution in [3.8, 4) is 0 Å². The van der Waals surface area contributed by atoms with Crippen LogP contribution < -0.4 is 0 Å². The summed E-state index contributed by atoms with van der Waals surface area (Å²) >= 11 is 0. The molecule has 26 heavy (non-hydrogen) atoms. The quantitative estimate of drug-likeness (QED) is 0.733. The number of ether oxygens (including phenoxy) is 2. The van der Waals surface area contributed by atoms with E-state index in [0.29, 0.717) is 26.2 Å². The first-order chi connectivity index (χ1) is 12.3.